The van der Waals surface area contributed by atoms with E-state index < -0.39 is 0 Å². The van der Waals surface area contributed by atoms with E-state index in [0.717, 1.165) is 58.7 Å². The van der Waals surface area contributed by atoms with Gasteiger partial charge in [-0.05, 0) is 25.3 Å². The number of carbonyl (C=O) groups is 2. The van der Waals surface area contributed by atoms with E-state index in [1.54, 1.807) is 0 Å². The highest BCUT2D eigenvalue weighted by atomic mass is 35.5. The van der Waals surface area contributed by atoms with Crippen LogP contribution in [0.4, 0.5) is 0 Å². The summed E-state index contributed by atoms with van der Waals surface area (Å²) in [4.78, 5) is 28.9. The van der Waals surface area contributed by atoms with E-state index in [1.807, 2.05) is 4.90 Å². The molecule has 152 valence electrons. The summed E-state index contributed by atoms with van der Waals surface area (Å²) < 4.78 is 5.34. The van der Waals surface area contributed by atoms with Crippen LogP contribution in [0.1, 0.15) is 25.7 Å². The van der Waals surface area contributed by atoms with E-state index in [1.165, 1.54) is 0 Å². The fraction of sp³-hybridized carbons (Fsp3) is 0.882. The minimum absolute atomic E-state index is 0. The van der Waals surface area contributed by atoms with Crippen LogP contribution in [0, 0.1) is 11.8 Å². The molecule has 1 unspecified atom stereocenters. The van der Waals surface area contributed by atoms with Gasteiger partial charge in [0.2, 0.25) is 11.8 Å². The largest absolute Gasteiger partial charge is 0.379 e. The zero-order valence-electron chi connectivity index (χ0n) is 15.2. The molecular weight excluding hydrogens is 379 g/mol. The van der Waals surface area contributed by atoms with Crippen LogP contribution in [0.2, 0.25) is 0 Å². The Labute approximate surface area is 168 Å². The third-order valence-electron chi connectivity index (χ3n) is 5.65. The topological polar surface area (TPSA) is 87.9 Å². The van der Waals surface area contributed by atoms with E-state index in [4.69, 9.17) is 10.5 Å². The van der Waals surface area contributed by atoms with Crippen LogP contribution >= 0.6 is 24.8 Å². The van der Waals surface area contributed by atoms with Crippen molar-refractivity contribution >= 4 is 36.6 Å². The number of nitrogens with two attached hydrogens (primary N) is 1. The van der Waals surface area contributed by atoms with Crippen molar-refractivity contribution in [2.75, 3.05) is 52.5 Å². The van der Waals surface area contributed by atoms with Gasteiger partial charge in [-0.15, -0.1) is 24.8 Å². The molecule has 0 radical (unpaired) electrons. The lowest BCUT2D eigenvalue weighted by molar-refractivity contribution is -0.128. The van der Waals surface area contributed by atoms with E-state index in [0.29, 0.717) is 25.4 Å². The van der Waals surface area contributed by atoms with Crippen molar-refractivity contribution in [2.24, 2.45) is 17.6 Å². The normalized spacial score (nSPS) is 29.2. The van der Waals surface area contributed by atoms with Crippen molar-refractivity contribution in [1.29, 1.82) is 0 Å². The number of halogens is 2. The van der Waals surface area contributed by atoms with Crippen LogP contribution in [-0.2, 0) is 14.3 Å². The molecule has 2 saturated heterocycles. The van der Waals surface area contributed by atoms with E-state index in [-0.39, 0.29) is 48.6 Å². The van der Waals surface area contributed by atoms with Gasteiger partial charge in [-0.25, -0.2) is 0 Å². The molecule has 0 aromatic carbocycles. The minimum atomic E-state index is -0.0475. The Bertz CT molecular complexity index is 463. The molecule has 1 aliphatic carbocycles. The molecule has 3 rings (SSSR count). The van der Waals surface area contributed by atoms with E-state index in [2.05, 4.69) is 10.2 Å². The highest BCUT2D eigenvalue weighted by Crippen LogP contribution is 2.31. The molecule has 9 heteroatoms. The zero-order valence-corrected chi connectivity index (χ0v) is 16.9. The Morgan fingerprint density at radius 1 is 1.19 bits per heavy atom. The molecule has 3 N–H and O–H groups in total. The maximum absolute atomic E-state index is 12.5. The van der Waals surface area contributed by atoms with Crippen molar-refractivity contribution in [3.63, 3.8) is 0 Å². The van der Waals surface area contributed by atoms with Gasteiger partial charge in [0.05, 0.1) is 19.3 Å². The summed E-state index contributed by atoms with van der Waals surface area (Å²) in [6.45, 7) is 6.25. The fourth-order valence-corrected chi connectivity index (χ4v) is 4.14. The molecule has 2 aliphatic heterocycles. The van der Waals surface area contributed by atoms with Gasteiger partial charge in [0.1, 0.15) is 0 Å². The number of likely N-dealkylation sites (tertiary alicyclic amines) is 1. The fourth-order valence-electron chi connectivity index (χ4n) is 4.14. The van der Waals surface area contributed by atoms with Gasteiger partial charge in [-0.3, -0.25) is 14.5 Å². The third-order valence-corrected chi connectivity index (χ3v) is 5.65. The number of hydrogen-bond donors (Lipinski definition) is 2. The number of morpholine rings is 1. The Morgan fingerprint density at radius 2 is 1.92 bits per heavy atom. The maximum atomic E-state index is 12.5. The lowest BCUT2D eigenvalue weighted by atomic mass is 9.95. The lowest BCUT2D eigenvalue weighted by Gasteiger charge is -2.28. The minimum Gasteiger partial charge on any atom is -0.379 e. The Balaban J connectivity index is 0.00000169. The van der Waals surface area contributed by atoms with E-state index in [9.17, 15) is 9.59 Å². The summed E-state index contributed by atoms with van der Waals surface area (Å²) in [5.41, 5.74) is 5.77. The summed E-state index contributed by atoms with van der Waals surface area (Å²) in [7, 11) is 0. The van der Waals surface area contributed by atoms with Gasteiger partial charge in [0.25, 0.3) is 0 Å². The first-order valence-corrected chi connectivity index (χ1v) is 9.25. The molecular formula is C17H32Cl2N4O3. The van der Waals surface area contributed by atoms with Gasteiger partial charge in [0, 0.05) is 45.1 Å². The highest BCUT2D eigenvalue weighted by molar-refractivity contribution is 5.85. The van der Waals surface area contributed by atoms with Gasteiger partial charge in [-0.1, -0.05) is 6.42 Å². The van der Waals surface area contributed by atoms with Crippen molar-refractivity contribution < 1.29 is 14.3 Å². The average molecular weight is 411 g/mol. The van der Waals surface area contributed by atoms with Crippen molar-refractivity contribution in [3.05, 3.63) is 0 Å². The van der Waals surface area contributed by atoms with Crippen LogP contribution in [0.5, 0.6) is 0 Å². The molecule has 26 heavy (non-hydrogen) atoms. The quantitative estimate of drug-likeness (QED) is 0.655. The number of ether oxygens (including phenoxy) is 1. The Kier molecular flexibility index (Phi) is 10.2. The molecule has 0 bridgehead atoms. The van der Waals surface area contributed by atoms with Crippen molar-refractivity contribution in [2.45, 2.75) is 31.7 Å². The Hall–Kier alpha value is -0.600. The summed E-state index contributed by atoms with van der Waals surface area (Å²) in [6, 6.07) is -0.0475. The molecule has 2 heterocycles. The SMILES string of the molecule is Cl.Cl.NC[C@H]1CCC[C@H]1C(=O)NC1CC(=O)N(CCN2CCOCC2)C1. The highest BCUT2D eigenvalue weighted by Gasteiger charge is 2.36. The monoisotopic (exact) mass is 410 g/mol. The second-order valence-corrected chi connectivity index (χ2v) is 7.24. The molecule has 1 saturated carbocycles. The standard InChI is InChI=1S/C17H30N4O3.2ClH/c18-11-13-2-1-3-15(13)17(23)19-14-10-16(22)21(12-14)5-4-20-6-8-24-9-7-20;;/h13-15H,1-12,18H2,(H,19,23);2*1H/t13-,14?,15-;;/m1../s1. The van der Waals surface area contributed by atoms with Crippen LogP contribution in [0.25, 0.3) is 0 Å². The molecule has 0 aromatic rings. The lowest BCUT2D eigenvalue weighted by Crippen LogP contribution is -2.44. The number of nitrogens with zero attached hydrogens (tertiary/aromatic N) is 2. The first-order chi connectivity index (χ1) is 11.7. The maximum Gasteiger partial charge on any atom is 0.224 e. The molecule has 3 atom stereocenters. The Morgan fingerprint density at radius 3 is 2.62 bits per heavy atom. The summed E-state index contributed by atoms with van der Waals surface area (Å²) in [6.07, 6.45) is 3.48. The number of nitrogens with one attached hydrogen (secondary N) is 1. The third kappa shape index (κ3) is 5.96. The van der Waals surface area contributed by atoms with Gasteiger partial charge in [-0.2, -0.15) is 0 Å². The number of hydrogen-bond acceptors (Lipinski definition) is 5. The molecule has 2 amide bonds. The van der Waals surface area contributed by atoms with Gasteiger partial charge in [0.15, 0.2) is 0 Å². The molecule has 0 spiro atoms. The van der Waals surface area contributed by atoms with Gasteiger partial charge < -0.3 is 20.7 Å². The number of amides is 2. The smallest absolute Gasteiger partial charge is 0.224 e. The second-order valence-electron chi connectivity index (χ2n) is 7.24. The summed E-state index contributed by atoms with van der Waals surface area (Å²) >= 11 is 0. The van der Waals surface area contributed by atoms with Crippen molar-refractivity contribution in [1.82, 2.24) is 15.1 Å². The molecule has 7 nitrogen and oxygen atoms in total. The zero-order chi connectivity index (χ0) is 16.9. The summed E-state index contributed by atoms with van der Waals surface area (Å²) in [5, 5.41) is 3.09. The van der Waals surface area contributed by atoms with Gasteiger partial charge >= 0.3 is 0 Å². The predicted molar refractivity (Wildman–Crippen MR) is 105 cm³/mol. The first kappa shape index (κ1) is 23.4. The van der Waals surface area contributed by atoms with Crippen LogP contribution in [-0.4, -0.2) is 80.1 Å². The number of carbonyl (C=O) groups excluding carboxylic acids is 2. The second kappa shape index (κ2) is 11.3. The first-order valence-electron chi connectivity index (χ1n) is 9.25. The van der Waals surface area contributed by atoms with Crippen LogP contribution in [0.3, 0.4) is 0 Å². The van der Waals surface area contributed by atoms with Crippen LogP contribution in [0.15, 0.2) is 0 Å². The van der Waals surface area contributed by atoms with Crippen molar-refractivity contribution in [3.8, 4) is 0 Å². The number of rotatable bonds is 6. The molecule has 3 aliphatic rings. The average Bonchev–Trinajstić information content (AvgIpc) is 3.20. The molecule has 3 fully saturated rings. The van der Waals surface area contributed by atoms with Crippen LogP contribution < -0.4 is 11.1 Å². The molecule has 0 aromatic heterocycles. The summed E-state index contributed by atoms with van der Waals surface area (Å²) in [5.74, 6) is 0.582. The van der Waals surface area contributed by atoms with E-state index >= 15 is 0 Å². The predicted octanol–water partition coefficient (Wildman–Crippen LogP) is 0.254.